The highest BCUT2D eigenvalue weighted by molar-refractivity contribution is 7.46. The Hall–Kier alpha value is -0.570. The van der Waals surface area contributed by atoms with E-state index in [-0.39, 0.29) is 0 Å². The molecule has 90 valence electrons. The van der Waals surface area contributed by atoms with Gasteiger partial charge in [-0.15, -0.1) is 0 Å². The molecule has 5 N–H and O–H groups in total. The monoisotopic (exact) mass is 248 g/mol. The molecule has 0 rings (SSSR count). The fraction of sp³-hybridized carbons (Fsp3) is 0.800. The average molecular weight is 248 g/mol. The van der Waals surface area contributed by atoms with E-state index < -0.39 is 38.8 Å². The molecule has 0 spiro atoms. The molecule has 0 heterocycles. The van der Waals surface area contributed by atoms with Gasteiger partial charge < -0.3 is 19.8 Å². The second-order valence-corrected chi connectivity index (χ2v) is 3.72. The lowest BCUT2D eigenvalue weighted by atomic mass is 10.1. The predicted octanol–water partition coefficient (Wildman–Crippen LogP) is -2.33. The van der Waals surface area contributed by atoms with Crippen LogP contribution >= 0.6 is 7.82 Å². The third-order valence-electron chi connectivity index (χ3n) is 1.33. The molecule has 0 bridgehead atoms. The van der Waals surface area contributed by atoms with Crippen LogP contribution in [0.4, 0.5) is 4.39 Å². The molecule has 8 nitrogen and oxygen atoms in total. The lowest BCUT2D eigenvalue weighted by Gasteiger charge is -2.19. The first kappa shape index (κ1) is 14.4. The summed E-state index contributed by atoms with van der Waals surface area (Å²) < 4.78 is 25.3. The van der Waals surface area contributed by atoms with E-state index in [0.29, 0.717) is 0 Å². The highest BCUT2D eigenvalue weighted by atomic mass is 31.2. The molecule has 0 aliphatic carbocycles. The average Bonchev–Trinajstić information content (AvgIpc) is 2.11. The molecule has 0 radical (unpaired) electrons. The maximum absolute atomic E-state index is 11.8. The maximum atomic E-state index is 11.8. The van der Waals surface area contributed by atoms with Crippen molar-refractivity contribution in [2.45, 2.75) is 18.3 Å². The third-order valence-corrected chi connectivity index (χ3v) is 1.74. The number of phosphoric ester groups is 1. The van der Waals surface area contributed by atoms with Crippen LogP contribution in [0.2, 0.25) is 0 Å². The predicted molar refractivity (Wildman–Crippen MR) is 42.1 cm³/mol. The zero-order chi connectivity index (χ0) is 12.2. The minimum absolute atomic E-state index is 1.44. The zero-order valence-electron chi connectivity index (χ0n) is 7.23. The Balaban J connectivity index is 4.38. The molecule has 0 saturated heterocycles. The first-order chi connectivity index (χ1) is 6.69. The largest absolute Gasteiger partial charge is 0.527 e. The van der Waals surface area contributed by atoms with Gasteiger partial charge in [0.05, 0.1) is 0 Å². The summed E-state index contributed by atoms with van der Waals surface area (Å²) in [7, 11) is -5.15. The van der Waals surface area contributed by atoms with Gasteiger partial charge in [-0.1, -0.05) is 0 Å². The fourth-order valence-electron chi connectivity index (χ4n) is 0.612. The van der Waals surface area contributed by atoms with Crippen LogP contribution in [-0.4, -0.2) is 56.1 Å². The number of rotatable bonds is 5. The van der Waals surface area contributed by atoms with Crippen LogP contribution in [0.5, 0.6) is 0 Å². The van der Waals surface area contributed by atoms with Crippen LogP contribution < -0.4 is 0 Å². The standard InChI is InChI=1S/C5H10FO8P/c6-1-2(7)3(8)4(9)5(10)14-15(11,12)13/h2-4,7-9H,1H2,(H2,11,12,13)/t2-,3-,4-/m1/s1. The molecule has 0 aromatic heterocycles. The van der Waals surface area contributed by atoms with E-state index in [2.05, 4.69) is 4.52 Å². The Morgan fingerprint density at radius 2 is 1.80 bits per heavy atom. The van der Waals surface area contributed by atoms with Crippen molar-refractivity contribution < 1.29 is 43.4 Å². The van der Waals surface area contributed by atoms with Crippen LogP contribution in [0.3, 0.4) is 0 Å². The number of phosphoric acid groups is 1. The smallest absolute Gasteiger partial charge is 0.388 e. The topological polar surface area (TPSA) is 145 Å². The van der Waals surface area contributed by atoms with Gasteiger partial charge in [-0.3, -0.25) is 9.79 Å². The molecule has 0 unspecified atom stereocenters. The van der Waals surface area contributed by atoms with E-state index in [1.165, 1.54) is 0 Å². The molecule has 3 atom stereocenters. The molecule has 0 fully saturated rings. The summed E-state index contributed by atoms with van der Waals surface area (Å²) in [4.78, 5) is 27.0. The van der Waals surface area contributed by atoms with Crippen molar-refractivity contribution in [3.8, 4) is 0 Å². The van der Waals surface area contributed by atoms with Crippen molar-refractivity contribution in [3.63, 3.8) is 0 Å². The number of hydrogen-bond acceptors (Lipinski definition) is 6. The maximum Gasteiger partial charge on any atom is 0.527 e. The van der Waals surface area contributed by atoms with Gasteiger partial charge in [0.1, 0.15) is 18.9 Å². The summed E-state index contributed by atoms with van der Waals surface area (Å²) >= 11 is 0. The van der Waals surface area contributed by atoms with E-state index in [0.717, 1.165) is 0 Å². The van der Waals surface area contributed by atoms with E-state index in [1.54, 1.807) is 0 Å². The summed E-state index contributed by atoms with van der Waals surface area (Å²) in [5.74, 6) is -1.86. The summed E-state index contributed by atoms with van der Waals surface area (Å²) in [5, 5.41) is 26.4. The van der Waals surface area contributed by atoms with Gasteiger partial charge in [0.15, 0.2) is 6.10 Å². The molecule has 0 saturated carbocycles. The molecular formula is C5H10FO8P. The number of aliphatic hydroxyl groups is 3. The van der Waals surface area contributed by atoms with Gasteiger partial charge in [0, 0.05) is 0 Å². The highest BCUT2D eigenvalue weighted by Gasteiger charge is 2.35. The third kappa shape index (κ3) is 5.17. The summed E-state index contributed by atoms with van der Waals surface area (Å²) in [6.07, 6.45) is -6.72. The number of carbonyl (C=O) groups is 1. The summed E-state index contributed by atoms with van der Waals surface area (Å²) in [5.41, 5.74) is 0. The fourth-order valence-corrected chi connectivity index (χ4v) is 0.955. The number of carbonyl (C=O) groups excluding carboxylic acids is 1. The first-order valence-electron chi connectivity index (χ1n) is 3.58. The van der Waals surface area contributed by atoms with Crippen molar-refractivity contribution in [1.82, 2.24) is 0 Å². The van der Waals surface area contributed by atoms with Crippen LogP contribution in [-0.2, 0) is 13.9 Å². The molecule has 15 heavy (non-hydrogen) atoms. The number of aliphatic hydroxyl groups excluding tert-OH is 3. The van der Waals surface area contributed by atoms with E-state index >= 15 is 0 Å². The second-order valence-electron chi connectivity index (χ2n) is 2.56. The van der Waals surface area contributed by atoms with Gasteiger partial charge in [-0.2, -0.15) is 0 Å². The number of halogens is 1. The second kappa shape index (κ2) is 5.50. The minimum atomic E-state index is -5.15. The molecule has 0 amide bonds. The zero-order valence-corrected chi connectivity index (χ0v) is 8.12. The molecular weight excluding hydrogens is 238 g/mol. The summed E-state index contributed by atoms with van der Waals surface area (Å²) in [6, 6.07) is 0. The van der Waals surface area contributed by atoms with Gasteiger partial charge in [-0.25, -0.2) is 13.8 Å². The van der Waals surface area contributed by atoms with Gasteiger partial charge in [0.25, 0.3) is 0 Å². The Morgan fingerprint density at radius 1 is 1.33 bits per heavy atom. The lowest BCUT2D eigenvalue weighted by molar-refractivity contribution is -0.156. The number of alkyl halides is 1. The normalized spacial score (nSPS) is 18.0. The van der Waals surface area contributed by atoms with Crippen LogP contribution in [0.15, 0.2) is 0 Å². The van der Waals surface area contributed by atoms with Crippen LogP contribution in [0.1, 0.15) is 0 Å². The molecule has 0 aromatic rings. The van der Waals surface area contributed by atoms with E-state index in [9.17, 15) is 13.8 Å². The van der Waals surface area contributed by atoms with Crippen molar-refractivity contribution in [2.24, 2.45) is 0 Å². The van der Waals surface area contributed by atoms with Crippen molar-refractivity contribution >= 4 is 13.8 Å². The minimum Gasteiger partial charge on any atom is -0.388 e. The van der Waals surface area contributed by atoms with Crippen LogP contribution in [0.25, 0.3) is 0 Å². The van der Waals surface area contributed by atoms with Gasteiger partial charge in [-0.05, 0) is 0 Å². The lowest BCUT2D eigenvalue weighted by Crippen LogP contribution is -2.43. The molecule has 0 aliphatic heterocycles. The van der Waals surface area contributed by atoms with Crippen LogP contribution in [0, 0.1) is 0 Å². The van der Waals surface area contributed by atoms with Gasteiger partial charge >= 0.3 is 13.8 Å². The Bertz CT molecular complexity index is 264. The Kier molecular flexibility index (Phi) is 5.29. The van der Waals surface area contributed by atoms with E-state index in [4.69, 9.17) is 25.1 Å². The van der Waals surface area contributed by atoms with Crippen molar-refractivity contribution in [2.75, 3.05) is 6.67 Å². The Morgan fingerprint density at radius 3 is 2.13 bits per heavy atom. The number of hydrogen-bond donors (Lipinski definition) is 5. The van der Waals surface area contributed by atoms with E-state index in [1.807, 2.05) is 0 Å². The van der Waals surface area contributed by atoms with Crippen molar-refractivity contribution in [3.05, 3.63) is 0 Å². The SMILES string of the molecule is O=C(OP(=O)(O)O)[C@H](O)[C@H](O)[C@H](O)CF. The van der Waals surface area contributed by atoms with Gasteiger partial charge in [0.2, 0.25) is 0 Å². The molecule has 10 heteroatoms. The molecule has 0 aliphatic rings. The Labute approximate surface area is 83.2 Å². The highest BCUT2D eigenvalue weighted by Crippen LogP contribution is 2.36. The summed E-state index contributed by atoms with van der Waals surface area (Å²) in [6.45, 7) is -1.44. The molecule has 0 aromatic carbocycles. The first-order valence-corrected chi connectivity index (χ1v) is 5.11. The quantitative estimate of drug-likeness (QED) is 0.341. The van der Waals surface area contributed by atoms with Crippen molar-refractivity contribution in [1.29, 1.82) is 0 Å².